The van der Waals surface area contributed by atoms with Crippen LogP contribution in [-0.4, -0.2) is 25.4 Å². The fraction of sp³-hybridized carbons (Fsp3) is 0.250. The predicted molar refractivity (Wildman–Crippen MR) is 92.8 cm³/mol. The minimum absolute atomic E-state index is 0.218. The van der Waals surface area contributed by atoms with Gasteiger partial charge < -0.3 is 5.32 Å². The average molecular weight is 368 g/mol. The highest BCUT2D eigenvalue weighted by atomic mass is 35.5. The molecule has 0 saturated carbocycles. The van der Waals surface area contributed by atoms with Gasteiger partial charge in [0, 0.05) is 24.0 Å². The fourth-order valence-electron chi connectivity index (χ4n) is 2.01. The summed E-state index contributed by atoms with van der Waals surface area (Å²) in [7, 11) is -3.64. The predicted octanol–water partition coefficient (Wildman–Crippen LogP) is 1.86. The number of nitrogens with one attached hydrogen (secondary N) is 2. The molecule has 128 valence electrons. The van der Waals surface area contributed by atoms with Crippen LogP contribution in [0.2, 0.25) is 5.02 Å². The van der Waals surface area contributed by atoms with Crippen molar-refractivity contribution in [3.63, 3.8) is 0 Å². The molecule has 2 rings (SSSR count). The van der Waals surface area contributed by atoms with Gasteiger partial charge in [0.05, 0.1) is 11.8 Å². The van der Waals surface area contributed by atoms with Crippen LogP contribution in [0.5, 0.6) is 0 Å². The van der Waals surface area contributed by atoms with E-state index in [1.165, 1.54) is 6.92 Å². The van der Waals surface area contributed by atoms with Gasteiger partial charge in [0.1, 0.15) is 0 Å². The number of carbonyl (C=O) groups excluding carboxylic acids is 1. The van der Waals surface area contributed by atoms with E-state index in [0.717, 1.165) is 5.56 Å². The Morgan fingerprint density at radius 3 is 2.54 bits per heavy atom. The van der Waals surface area contributed by atoms with Crippen molar-refractivity contribution in [3.8, 4) is 0 Å². The zero-order valence-corrected chi connectivity index (χ0v) is 14.6. The van der Waals surface area contributed by atoms with Gasteiger partial charge in [-0.25, -0.2) is 13.1 Å². The summed E-state index contributed by atoms with van der Waals surface area (Å²) in [6, 6.07) is 9.22. The molecule has 0 saturated heterocycles. The summed E-state index contributed by atoms with van der Waals surface area (Å²) < 4.78 is 26.6. The van der Waals surface area contributed by atoms with Crippen molar-refractivity contribution in [2.75, 3.05) is 0 Å². The van der Waals surface area contributed by atoms with E-state index in [0.29, 0.717) is 10.6 Å². The number of amides is 1. The van der Waals surface area contributed by atoms with Crippen LogP contribution < -0.4 is 10.0 Å². The number of carbonyl (C=O) groups is 1. The molecular formula is C16H18ClN3O3S. The highest BCUT2D eigenvalue weighted by molar-refractivity contribution is 7.88. The van der Waals surface area contributed by atoms with E-state index in [4.69, 9.17) is 11.6 Å². The molecule has 0 unspecified atom stereocenters. The van der Waals surface area contributed by atoms with Gasteiger partial charge in [-0.05, 0) is 36.2 Å². The highest BCUT2D eigenvalue weighted by Gasteiger charge is 2.20. The van der Waals surface area contributed by atoms with Gasteiger partial charge in [-0.1, -0.05) is 29.8 Å². The monoisotopic (exact) mass is 367 g/mol. The molecule has 1 aromatic heterocycles. The van der Waals surface area contributed by atoms with Crippen LogP contribution in [0.4, 0.5) is 0 Å². The lowest BCUT2D eigenvalue weighted by molar-refractivity contribution is -0.122. The largest absolute Gasteiger partial charge is 0.351 e. The Kier molecular flexibility index (Phi) is 6.30. The molecule has 1 atom stereocenters. The normalized spacial score (nSPS) is 12.6. The SMILES string of the molecule is C[C@H](NS(=O)(=O)Cc1ccc(Cl)cc1)C(=O)NCc1cccnc1. The standard InChI is InChI=1S/C16H18ClN3O3S/c1-12(16(21)19-10-14-3-2-8-18-9-14)20-24(22,23)11-13-4-6-15(17)7-5-13/h2-9,12,20H,10-11H2,1H3,(H,19,21)/t12-/m0/s1. The van der Waals surface area contributed by atoms with E-state index in [-0.39, 0.29) is 12.3 Å². The van der Waals surface area contributed by atoms with Crippen LogP contribution in [-0.2, 0) is 27.1 Å². The molecule has 2 N–H and O–H groups in total. The minimum atomic E-state index is -3.64. The van der Waals surface area contributed by atoms with E-state index >= 15 is 0 Å². The number of hydrogen-bond acceptors (Lipinski definition) is 4. The van der Waals surface area contributed by atoms with Crippen molar-refractivity contribution < 1.29 is 13.2 Å². The average Bonchev–Trinajstić information content (AvgIpc) is 2.55. The van der Waals surface area contributed by atoms with Crippen molar-refractivity contribution in [2.45, 2.75) is 25.3 Å². The van der Waals surface area contributed by atoms with Gasteiger partial charge >= 0.3 is 0 Å². The summed E-state index contributed by atoms with van der Waals surface area (Å²) in [4.78, 5) is 16.0. The fourth-order valence-corrected chi connectivity index (χ4v) is 3.50. The van der Waals surface area contributed by atoms with E-state index in [1.54, 1.807) is 42.7 Å². The molecule has 0 aliphatic heterocycles. The number of halogens is 1. The van der Waals surface area contributed by atoms with Crippen molar-refractivity contribution in [1.29, 1.82) is 0 Å². The molecule has 1 heterocycles. The van der Waals surface area contributed by atoms with Crippen LogP contribution in [0.15, 0.2) is 48.8 Å². The Morgan fingerprint density at radius 1 is 1.21 bits per heavy atom. The molecule has 0 radical (unpaired) electrons. The topological polar surface area (TPSA) is 88.2 Å². The first-order valence-electron chi connectivity index (χ1n) is 7.27. The summed E-state index contributed by atoms with van der Waals surface area (Å²) in [5, 5.41) is 3.20. The number of benzene rings is 1. The second-order valence-corrected chi connectivity index (χ2v) is 7.49. The Hall–Kier alpha value is -1.96. The smallest absolute Gasteiger partial charge is 0.238 e. The van der Waals surface area contributed by atoms with Crippen molar-refractivity contribution >= 4 is 27.5 Å². The van der Waals surface area contributed by atoms with Gasteiger partial charge in [0.15, 0.2) is 0 Å². The molecule has 0 aliphatic carbocycles. The van der Waals surface area contributed by atoms with Crippen LogP contribution in [0.3, 0.4) is 0 Å². The molecule has 0 spiro atoms. The number of pyridine rings is 1. The third-order valence-corrected chi connectivity index (χ3v) is 4.89. The Labute approximate surface area is 146 Å². The summed E-state index contributed by atoms with van der Waals surface area (Å²) in [6.45, 7) is 1.79. The van der Waals surface area contributed by atoms with E-state index in [1.807, 2.05) is 6.07 Å². The molecule has 8 heteroatoms. The summed E-state index contributed by atoms with van der Waals surface area (Å²) in [5.74, 6) is -0.622. The van der Waals surface area contributed by atoms with Crippen LogP contribution in [0.1, 0.15) is 18.1 Å². The molecule has 1 amide bonds. The Morgan fingerprint density at radius 2 is 1.92 bits per heavy atom. The van der Waals surface area contributed by atoms with E-state index in [2.05, 4.69) is 15.0 Å². The van der Waals surface area contributed by atoms with Crippen LogP contribution in [0.25, 0.3) is 0 Å². The zero-order chi connectivity index (χ0) is 17.6. The number of sulfonamides is 1. The maximum Gasteiger partial charge on any atom is 0.238 e. The lowest BCUT2D eigenvalue weighted by atomic mass is 10.2. The first kappa shape index (κ1) is 18.4. The lowest BCUT2D eigenvalue weighted by Crippen LogP contribution is -2.44. The maximum absolute atomic E-state index is 12.1. The summed E-state index contributed by atoms with van der Waals surface area (Å²) >= 11 is 5.77. The number of nitrogens with zero attached hydrogens (tertiary/aromatic N) is 1. The second kappa shape index (κ2) is 8.23. The lowest BCUT2D eigenvalue weighted by Gasteiger charge is -2.14. The first-order chi connectivity index (χ1) is 11.4. The van der Waals surface area contributed by atoms with Crippen molar-refractivity contribution in [3.05, 3.63) is 64.9 Å². The third kappa shape index (κ3) is 5.92. The van der Waals surface area contributed by atoms with E-state index < -0.39 is 22.0 Å². The van der Waals surface area contributed by atoms with Gasteiger partial charge in [-0.15, -0.1) is 0 Å². The van der Waals surface area contributed by atoms with Crippen LogP contribution in [0, 0.1) is 0 Å². The van der Waals surface area contributed by atoms with E-state index in [9.17, 15) is 13.2 Å². The highest BCUT2D eigenvalue weighted by Crippen LogP contribution is 2.11. The number of hydrogen-bond donors (Lipinski definition) is 2. The molecule has 0 aliphatic rings. The van der Waals surface area contributed by atoms with Gasteiger partial charge in [0.25, 0.3) is 0 Å². The van der Waals surface area contributed by atoms with Gasteiger partial charge in [0.2, 0.25) is 15.9 Å². The minimum Gasteiger partial charge on any atom is -0.351 e. The molecule has 6 nitrogen and oxygen atoms in total. The van der Waals surface area contributed by atoms with Gasteiger partial charge in [-0.3, -0.25) is 9.78 Å². The quantitative estimate of drug-likeness (QED) is 0.781. The maximum atomic E-state index is 12.1. The summed E-state index contributed by atoms with van der Waals surface area (Å²) in [5.41, 5.74) is 1.43. The summed E-state index contributed by atoms with van der Waals surface area (Å²) in [6.07, 6.45) is 3.27. The molecule has 0 fully saturated rings. The number of aromatic nitrogens is 1. The number of rotatable bonds is 7. The second-order valence-electron chi connectivity index (χ2n) is 5.30. The Bertz CT molecular complexity index is 780. The first-order valence-corrected chi connectivity index (χ1v) is 9.30. The molecular weight excluding hydrogens is 350 g/mol. The van der Waals surface area contributed by atoms with Crippen LogP contribution >= 0.6 is 11.6 Å². The molecule has 24 heavy (non-hydrogen) atoms. The molecule has 1 aromatic carbocycles. The third-order valence-electron chi connectivity index (χ3n) is 3.21. The molecule has 0 bridgehead atoms. The van der Waals surface area contributed by atoms with Crippen molar-refractivity contribution in [1.82, 2.24) is 15.0 Å². The van der Waals surface area contributed by atoms with Gasteiger partial charge in [-0.2, -0.15) is 0 Å². The Balaban J connectivity index is 1.88. The van der Waals surface area contributed by atoms with Crippen molar-refractivity contribution in [2.24, 2.45) is 0 Å². The zero-order valence-electron chi connectivity index (χ0n) is 13.1. The molecule has 2 aromatic rings.